The Morgan fingerprint density at radius 1 is 1.19 bits per heavy atom. The van der Waals surface area contributed by atoms with Gasteiger partial charge in [-0.3, -0.25) is 9.98 Å². The lowest BCUT2D eigenvalue weighted by atomic mass is 9.97. The Labute approximate surface area is 217 Å². The Morgan fingerprint density at radius 2 is 2.03 bits per heavy atom. The molecule has 0 saturated carbocycles. The molecule has 0 fully saturated rings. The minimum atomic E-state index is -1.14. The Morgan fingerprint density at radius 3 is 2.73 bits per heavy atom. The quantitative estimate of drug-likeness (QED) is 0.364. The van der Waals surface area contributed by atoms with Gasteiger partial charge in [0.05, 0.1) is 24.1 Å². The summed E-state index contributed by atoms with van der Waals surface area (Å²) in [5.74, 6) is -0.498. The highest BCUT2D eigenvalue weighted by Crippen LogP contribution is 2.35. The van der Waals surface area contributed by atoms with Crippen LogP contribution in [0.5, 0.6) is 0 Å². The first-order valence-electron chi connectivity index (χ1n) is 11.5. The van der Waals surface area contributed by atoms with Crippen molar-refractivity contribution in [3.05, 3.63) is 99.9 Å². The van der Waals surface area contributed by atoms with Crippen LogP contribution in [0.1, 0.15) is 28.1 Å². The molecule has 37 heavy (non-hydrogen) atoms. The predicted octanol–water partition coefficient (Wildman–Crippen LogP) is 5.11. The Kier molecular flexibility index (Phi) is 6.62. The Hall–Kier alpha value is -4.24. The van der Waals surface area contributed by atoms with Crippen molar-refractivity contribution in [2.75, 3.05) is 4.90 Å². The minimum Gasteiger partial charge on any atom is -0.478 e. The number of fused-ring (bicyclic) bond motifs is 1. The average molecular weight is 520 g/mol. The fourth-order valence-electron chi connectivity index (χ4n) is 4.50. The highest BCUT2D eigenvalue weighted by Gasteiger charge is 2.35. The molecule has 2 N–H and O–H groups in total. The summed E-state index contributed by atoms with van der Waals surface area (Å²) in [6, 6.07) is 14.3. The number of amidine groups is 1. The van der Waals surface area contributed by atoms with E-state index >= 15 is 0 Å². The van der Waals surface area contributed by atoms with Gasteiger partial charge >= 0.3 is 5.97 Å². The van der Waals surface area contributed by atoms with Crippen molar-refractivity contribution in [2.24, 2.45) is 4.99 Å². The van der Waals surface area contributed by atoms with Crippen LogP contribution in [0, 0.1) is 19.7 Å². The van der Waals surface area contributed by atoms with Crippen molar-refractivity contribution in [2.45, 2.75) is 33.1 Å². The van der Waals surface area contributed by atoms with E-state index < -0.39 is 18.0 Å². The van der Waals surface area contributed by atoms with Crippen LogP contribution in [-0.2, 0) is 17.9 Å². The van der Waals surface area contributed by atoms with Crippen LogP contribution >= 0.6 is 11.6 Å². The average Bonchev–Trinajstić information content (AvgIpc) is 3.20. The number of hydrogen-bond acceptors (Lipinski definition) is 6. The second-order valence-electron chi connectivity index (χ2n) is 8.75. The summed E-state index contributed by atoms with van der Waals surface area (Å²) in [5, 5.41) is 17.8. The summed E-state index contributed by atoms with van der Waals surface area (Å²) in [7, 11) is 0. The van der Waals surface area contributed by atoms with Crippen LogP contribution in [0.3, 0.4) is 0 Å². The first-order valence-corrected chi connectivity index (χ1v) is 11.9. The summed E-state index contributed by atoms with van der Waals surface area (Å²) >= 11 is 6.13. The van der Waals surface area contributed by atoms with Crippen molar-refractivity contribution in [1.82, 2.24) is 15.5 Å². The normalized spacial score (nSPS) is 15.9. The molecule has 2 aromatic heterocycles. The first kappa shape index (κ1) is 24.5. The topological polar surface area (TPSA) is 104 Å². The molecular weight excluding hydrogens is 497 g/mol. The number of anilines is 1. The molecule has 10 heteroatoms. The third kappa shape index (κ3) is 5.03. The first-order chi connectivity index (χ1) is 17.8. The summed E-state index contributed by atoms with van der Waals surface area (Å²) in [6.07, 6.45) is 1.48. The maximum absolute atomic E-state index is 13.9. The number of nitrogens with one attached hydrogen (secondary N) is 1. The monoisotopic (exact) mass is 519 g/mol. The Balaban J connectivity index is 1.63. The van der Waals surface area contributed by atoms with Crippen molar-refractivity contribution in [1.29, 1.82) is 0 Å². The minimum absolute atomic E-state index is 0.119. The molecule has 0 spiro atoms. The van der Waals surface area contributed by atoms with Gasteiger partial charge in [-0.1, -0.05) is 35.0 Å². The van der Waals surface area contributed by atoms with Gasteiger partial charge in [0.1, 0.15) is 17.4 Å². The molecule has 3 heterocycles. The molecule has 0 amide bonds. The number of halogens is 2. The van der Waals surface area contributed by atoms with Gasteiger partial charge in [-0.2, -0.15) is 0 Å². The van der Waals surface area contributed by atoms with E-state index in [-0.39, 0.29) is 13.1 Å². The summed E-state index contributed by atoms with van der Waals surface area (Å²) < 4.78 is 19.2. The van der Waals surface area contributed by atoms with Gasteiger partial charge < -0.3 is 19.8 Å². The lowest BCUT2D eigenvalue weighted by Crippen LogP contribution is -2.57. The molecule has 1 aliphatic heterocycles. The highest BCUT2D eigenvalue weighted by atomic mass is 35.5. The van der Waals surface area contributed by atoms with Crippen molar-refractivity contribution in [3.8, 4) is 11.1 Å². The number of nitrogens with zero attached hydrogens (tertiary/aromatic N) is 4. The third-order valence-electron chi connectivity index (χ3n) is 6.13. The number of rotatable bonds is 6. The van der Waals surface area contributed by atoms with Crippen molar-refractivity contribution >= 4 is 29.1 Å². The molecule has 1 atom stereocenters. The van der Waals surface area contributed by atoms with Gasteiger partial charge in [-0.05, 0) is 60.9 Å². The van der Waals surface area contributed by atoms with Crippen LogP contribution in [-0.4, -0.2) is 33.2 Å². The molecular formula is C27H23ClFN5O3. The number of hydrogen-bond donors (Lipinski definition) is 2. The molecule has 8 nitrogen and oxygen atoms in total. The molecule has 0 bridgehead atoms. The van der Waals surface area contributed by atoms with Crippen LogP contribution < -0.4 is 10.2 Å². The van der Waals surface area contributed by atoms with E-state index in [1.165, 1.54) is 12.3 Å². The van der Waals surface area contributed by atoms with Gasteiger partial charge in [0.2, 0.25) is 6.17 Å². The smallest absolute Gasteiger partial charge is 0.347 e. The fourth-order valence-corrected chi connectivity index (χ4v) is 4.71. The zero-order valence-electron chi connectivity index (χ0n) is 20.1. The number of aromatic nitrogens is 2. The number of benzene rings is 2. The molecule has 1 aliphatic rings. The van der Waals surface area contributed by atoms with Gasteiger partial charge in [-0.15, -0.1) is 0 Å². The zero-order chi connectivity index (χ0) is 26.1. The summed E-state index contributed by atoms with van der Waals surface area (Å²) in [4.78, 5) is 22.7. The number of pyridine rings is 1. The Bertz CT molecular complexity index is 1500. The maximum Gasteiger partial charge on any atom is 0.347 e. The molecule has 0 saturated heterocycles. The fraction of sp³-hybridized carbons (Fsp3) is 0.185. The number of carboxylic acid groups (broad SMARTS) is 1. The predicted molar refractivity (Wildman–Crippen MR) is 138 cm³/mol. The van der Waals surface area contributed by atoms with Crippen molar-refractivity contribution in [3.63, 3.8) is 0 Å². The zero-order valence-corrected chi connectivity index (χ0v) is 20.8. The largest absolute Gasteiger partial charge is 0.478 e. The molecule has 0 radical (unpaired) electrons. The number of aryl methyl sites for hydroxylation is 2. The number of carbonyl (C=O) groups is 1. The standard InChI is InChI=1S/C27H23ClFN5O3/c1-15-24(16(2)37-33-15)19-6-7-23-22(10-19)25(31-12-17-4-3-5-20(28)8-17)32-26(27(35)36)34(23)14-18-9-21(29)13-30-11-18/h3-11,13,26H,12,14H2,1-2H3,(H,31,32)(H,35,36). The highest BCUT2D eigenvalue weighted by molar-refractivity contribution is 6.30. The number of carboxylic acids is 1. The van der Waals surface area contributed by atoms with Crippen LogP contribution in [0.25, 0.3) is 11.1 Å². The van der Waals surface area contributed by atoms with Crippen LogP contribution in [0.4, 0.5) is 10.1 Å². The number of aliphatic imine (C=N–C) groups is 1. The molecule has 1 unspecified atom stereocenters. The van der Waals surface area contributed by atoms with Gasteiger partial charge in [0.15, 0.2) is 0 Å². The molecule has 4 aromatic rings. The van der Waals surface area contributed by atoms with Crippen LogP contribution in [0.2, 0.25) is 5.02 Å². The van der Waals surface area contributed by atoms with E-state index in [4.69, 9.17) is 21.1 Å². The lowest BCUT2D eigenvalue weighted by Gasteiger charge is -2.38. The van der Waals surface area contributed by atoms with E-state index in [9.17, 15) is 14.3 Å². The summed E-state index contributed by atoms with van der Waals surface area (Å²) in [5.41, 5.74) is 5.20. The van der Waals surface area contributed by atoms with Gasteiger partial charge in [-0.25, -0.2) is 9.18 Å². The second-order valence-corrected chi connectivity index (χ2v) is 9.19. The maximum atomic E-state index is 13.9. The van der Waals surface area contributed by atoms with E-state index in [2.05, 4.69) is 15.5 Å². The summed E-state index contributed by atoms with van der Waals surface area (Å²) in [6.45, 7) is 4.11. The van der Waals surface area contributed by atoms with Crippen LogP contribution in [0.15, 0.2) is 70.4 Å². The van der Waals surface area contributed by atoms with Gasteiger partial charge in [0, 0.05) is 28.9 Å². The molecule has 0 aliphatic carbocycles. The second kappa shape index (κ2) is 10.0. The van der Waals surface area contributed by atoms with E-state index in [0.717, 1.165) is 28.6 Å². The van der Waals surface area contributed by atoms with E-state index in [1.54, 1.807) is 11.0 Å². The molecule has 2 aromatic carbocycles. The number of aliphatic carboxylic acids is 1. The van der Waals surface area contributed by atoms with Gasteiger partial charge in [0.25, 0.3) is 0 Å². The van der Waals surface area contributed by atoms with E-state index in [0.29, 0.717) is 33.4 Å². The lowest BCUT2D eigenvalue weighted by molar-refractivity contribution is -0.139. The molecule has 5 rings (SSSR count). The van der Waals surface area contributed by atoms with E-state index in [1.807, 2.05) is 50.2 Å². The SMILES string of the molecule is Cc1noc(C)c1-c1ccc2c(c1)C(=NCc1cccc(Cl)c1)NC(C(=O)O)N2Cc1cncc(F)c1. The molecule has 188 valence electrons. The third-order valence-corrected chi connectivity index (χ3v) is 6.36. The van der Waals surface area contributed by atoms with Crippen molar-refractivity contribution < 1.29 is 18.8 Å².